The van der Waals surface area contributed by atoms with E-state index in [1.165, 1.54) is 6.92 Å². The number of carbonyl (C=O) groups excluding carboxylic acids is 10. The first-order chi connectivity index (χ1) is 28.7. The van der Waals surface area contributed by atoms with Crippen molar-refractivity contribution in [3.8, 4) is 0 Å². The van der Waals surface area contributed by atoms with Crippen LogP contribution < -0.4 is 54.0 Å². The van der Waals surface area contributed by atoms with Crippen molar-refractivity contribution in [2.24, 2.45) is 23.3 Å². The van der Waals surface area contributed by atoms with Crippen LogP contribution in [-0.4, -0.2) is 142 Å². The van der Waals surface area contributed by atoms with Crippen molar-refractivity contribution in [3.63, 3.8) is 0 Å². The van der Waals surface area contributed by atoms with Gasteiger partial charge in [-0.15, -0.1) is 0 Å². The number of benzene rings is 1. The van der Waals surface area contributed by atoms with Crippen LogP contribution in [0.5, 0.6) is 0 Å². The molecule has 61 heavy (non-hydrogen) atoms. The van der Waals surface area contributed by atoms with Crippen molar-refractivity contribution in [2.45, 2.75) is 102 Å². The first-order valence-electron chi connectivity index (χ1n) is 19.5. The van der Waals surface area contributed by atoms with Gasteiger partial charge in [0.25, 0.3) is 0 Å². The molecule has 0 bridgehead atoms. The molecule has 1 heterocycles. The Kier molecular flexibility index (Phi) is 21.3. The lowest BCUT2D eigenvalue weighted by molar-refractivity contribution is -0.136. The molecule has 8 atom stereocenters. The normalized spacial score (nSPS) is 22.1. The van der Waals surface area contributed by atoms with E-state index in [0.717, 1.165) is 0 Å². The van der Waals surface area contributed by atoms with Gasteiger partial charge in [-0.1, -0.05) is 69.8 Å². The number of carbonyl (C=O) groups is 10. The van der Waals surface area contributed by atoms with Crippen LogP contribution in [0, 0.1) is 11.8 Å². The Morgan fingerprint density at radius 3 is 1.80 bits per heavy atom. The third-order valence-corrected chi connectivity index (χ3v) is 10.2. The molecule has 0 spiro atoms. The summed E-state index contributed by atoms with van der Waals surface area (Å²) in [4.78, 5) is 132. The largest absolute Gasteiger partial charge is 0.394 e. The van der Waals surface area contributed by atoms with Gasteiger partial charge in [0.05, 0.1) is 26.2 Å². The first kappa shape index (κ1) is 51.5. The van der Waals surface area contributed by atoms with Crippen LogP contribution in [0.2, 0.25) is 0 Å². The Bertz CT molecular complexity index is 1750. The highest BCUT2D eigenvalue weighted by atomic mass is 32.2. The van der Waals surface area contributed by atoms with Gasteiger partial charge < -0.3 is 64.2 Å². The SMILES string of the molecule is CC(C)C[C@@H]1NC(=O)[C@H](CO)NC(=O)[C@H](CO)NC(=O)[C@@H](NC(=O)[C@H](C)NC(=O)[C@H](CC(N)=O)NC(=O)[C@@H](NC(=O)CN)C(C)C)CSC(=O)[C@H](Cc2ccccc2)NC1=O. The van der Waals surface area contributed by atoms with E-state index in [4.69, 9.17) is 11.5 Å². The van der Waals surface area contributed by atoms with E-state index in [-0.39, 0.29) is 18.8 Å². The molecule has 0 saturated carbocycles. The molecule has 0 radical (unpaired) electrons. The maximum atomic E-state index is 13.9. The average Bonchev–Trinajstić information content (AvgIpc) is 3.20. The summed E-state index contributed by atoms with van der Waals surface area (Å²) in [7, 11) is 0. The Morgan fingerprint density at radius 2 is 1.28 bits per heavy atom. The average molecular weight is 879 g/mol. The highest BCUT2D eigenvalue weighted by Gasteiger charge is 2.36. The van der Waals surface area contributed by atoms with Gasteiger partial charge in [0, 0.05) is 12.2 Å². The first-order valence-corrected chi connectivity index (χ1v) is 20.5. The second kappa shape index (κ2) is 25.2. The Hall–Kier alpha value is -5.65. The van der Waals surface area contributed by atoms with Gasteiger partial charge in [0.2, 0.25) is 58.3 Å². The molecule has 1 aliphatic heterocycles. The van der Waals surface area contributed by atoms with Crippen molar-refractivity contribution in [1.82, 2.24) is 42.5 Å². The minimum atomic E-state index is -1.75. The minimum Gasteiger partial charge on any atom is -0.394 e. The Labute approximate surface area is 357 Å². The van der Waals surface area contributed by atoms with Crippen molar-refractivity contribution < 1.29 is 58.2 Å². The predicted octanol–water partition coefficient (Wildman–Crippen LogP) is -5.08. The topological polar surface area (TPSA) is 359 Å². The van der Waals surface area contributed by atoms with Crippen molar-refractivity contribution in [3.05, 3.63) is 35.9 Å². The number of aliphatic hydroxyl groups excluding tert-OH is 2. The molecule has 338 valence electrons. The molecule has 1 aromatic rings. The van der Waals surface area contributed by atoms with Crippen molar-refractivity contribution >= 4 is 70.0 Å². The second-order valence-electron chi connectivity index (χ2n) is 15.1. The summed E-state index contributed by atoms with van der Waals surface area (Å²) in [6, 6.07) is -3.16. The highest BCUT2D eigenvalue weighted by Crippen LogP contribution is 2.15. The lowest BCUT2D eigenvalue weighted by atomic mass is 10.0. The predicted molar refractivity (Wildman–Crippen MR) is 220 cm³/mol. The molecule has 14 N–H and O–H groups in total. The molecule has 22 nitrogen and oxygen atoms in total. The molecule has 0 aromatic heterocycles. The quantitative estimate of drug-likeness (QED) is 0.0697. The summed E-state index contributed by atoms with van der Waals surface area (Å²) in [5.41, 5.74) is 11.3. The minimum absolute atomic E-state index is 0.0186. The number of nitrogens with one attached hydrogen (secondary N) is 8. The van der Waals surface area contributed by atoms with Crippen LogP contribution in [-0.2, 0) is 54.4 Å². The maximum absolute atomic E-state index is 13.9. The van der Waals surface area contributed by atoms with Crippen LogP contribution >= 0.6 is 11.8 Å². The molecule has 2 rings (SSSR count). The smallest absolute Gasteiger partial charge is 0.245 e. The number of hydrogen-bond acceptors (Lipinski definition) is 14. The molecule has 1 saturated heterocycles. The third kappa shape index (κ3) is 17.1. The van der Waals surface area contributed by atoms with Gasteiger partial charge in [-0.25, -0.2) is 0 Å². The van der Waals surface area contributed by atoms with Crippen LogP contribution in [0.25, 0.3) is 0 Å². The molecule has 1 fully saturated rings. The van der Waals surface area contributed by atoms with E-state index in [0.29, 0.717) is 17.3 Å². The molecule has 9 amide bonds. The molecule has 0 unspecified atom stereocenters. The summed E-state index contributed by atoms with van der Waals surface area (Å²) >= 11 is 0.543. The van der Waals surface area contributed by atoms with Gasteiger partial charge in [0.15, 0.2) is 0 Å². The lowest BCUT2D eigenvalue weighted by Crippen LogP contribution is -2.62. The zero-order valence-electron chi connectivity index (χ0n) is 34.6. The number of primary amides is 1. The van der Waals surface area contributed by atoms with E-state index in [1.54, 1.807) is 58.0 Å². The van der Waals surface area contributed by atoms with E-state index in [2.05, 4.69) is 42.5 Å². The summed E-state index contributed by atoms with van der Waals surface area (Å²) in [5, 5.41) is 38.5. The fourth-order valence-electron chi connectivity index (χ4n) is 5.79. The van der Waals surface area contributed by atoms with E-state index in [1.807, 2.05) is 0 Å². The second-order valence-corrected chi connectivity index (χ2v) is 16.1. The van der Waals surface area contributed by atoms with Crippen molar-refractivity contribution in [2.75, 3.05) is 25.5 Å². The molecular weight excluding hydrogens is 821 g/mol. The van der Waals surface area contributed by atoms with E-state index in [9.17, 15) is 58.2 Å². The summed E-state index contributed by atoms with van der Waals surface area (Å²) in [6.45, 7) is 5.59. The zero-order chi connectivity index (χ0) is 46.0. The number of amides is 9. The van der Waals surface area contributed by atoms with Crippen molar-refractivity contribution in [1.29, 1.82) is 0 Å². The third-order valence-electron chi connectivity index (χ3n) is 9.12. The van der Waals surface area contributed by atoms with Crippen LogP contribution in [0.3, 0.4) is 0 Å². The number of hydrogen-bond donors (Lipinski definition) is 12. The number of aliphatic hydroxyl groups is 2. The summed E-state index contributed by atoms with van der Waals surface area (Å²) in [6.07, 6.45) is -0.634. The Balaban J connectivity index is 2.46. The van der Waals surface area contributed by atoms with Crippen LogP contribution in [0.15, 0.2) is 30.3 Å². The van der Waals surface area contributed by atoms with Gasteiger partial charge >= 0.3 is 0 Å². The maximum Gasteiger partial charge on any atom is 0.245 e. The van der Waals surface area contributed by atoms with Crippen LogP contribution in [0.1, 0.15) is 53.0 Å². The van der Waals surface area contributed by atoms with Gasteiger partial charge in [-0.05, 0) is 30.7 Å². The zero-order valence-corrected chi connectivity index (χ0v) is 35.5. The standard InChI is InChI=1S/C38H58N10O12S/c1-18(2)11-22-33(55)44-24(12-21-9-7-6-8-10-21)38(60)61-17-27(36(58)46-26(16-50)35(57)45-25(15-49)34(56)42-22)47-31(53)20(5)41-32(54)23(13-28(40)51)43-37(59)30(19(3)4)48-29(52)14-39/h6-10,18-20,22-27,30,49-50H,11-17,39H2,1-5H3,(H2,40,51)(H,41,54)(H,42,56)(H,43,59)(H,44,55)(H,45,57)(H,46,58)(H,47,53)(H,48,52)/t20-,22-,23-,24-,25-,26-,27-,30-/m0/s1. The van der Waals surface area contributed by atoms with E-state index >= 15 is 0 Å². The fraction of sp³-hybridized carbons (Fsp3) is 0.579. The highest BCUT2D eigenvalue weighted by molar-refractivity contribution is 8.13. The molecule has 23 heteroatoms. The fourth-order valence-corrected chi connectivity index (χ4v) is 6.70. The summed E-state index contributed by atoms with van der Waals surface area (Å²) < 4.78 is 0. The Morgan fingerprint density at radius 1 is 0.738 bits per heavy atom. The van der Waals surface area contributed by atoms with Crippen LogP contribution in [0.4, 0.5) is 0 Å². The van der Waals surface area contributed by atoms with Gasteiger partial charge in [-0.3, -0.25) is 47.9 Å². The van der Waals surface area contributed by atoms with Gasteiger partial charge in [0.1, 0.15) is 48.3 Å². The monoisotopic (exact) mass is 878 g/mol. The molecule has 0 aliphatic carbocycles. The molecule has 1 aliphatic rings. The van der Waals surface area contributed by atoms with E-state index < -0.39 is 144 Å². The number of thioether (sulfide) groups is 1. The number of nitrogens with two attached hydrogens (primary N) is 2. The van der Waals surface area contributed by atoms with Gasteiger partial charge in [-0.2, -0.15) is 0 Å². The molecular formula is C38H58N10O12S. The number of rotatable bonds is 17. The molecule has 1 aromatic carbocycles. The lowest BCUT2D eigenvalue weighted by Gasteiger charge is -2.28. The summed E-state index contributed by atoms with van der Waals surface area (Å²) in [5.74, 6) is -9.67.